The third kappa shape index (κ3) is 2.87. The molecule has 0 amide bonds. The van der Waals surface area contributed by atoms with E-state index in [1.165, 1.54) is 19.0 Å². The third-order valence-corrected chi connectivity index (χ3v) is 5.80. The number of fused-ring (bicyclic) bond motifs is 1. The first-order valence-corrected chi connectivity index (χ1v) is 9.02. The van der Waals surface area contributed by atoms with E-state index in [1.54, 1.807) is 0 Å². The van der Waals surface area contributed by atoms with E-state index in [9.17, 15) is 13.5 Å². The summed E-state index contributed by atoms with van der Waals surface area (Å²) in [6.45, 7) is 0.237. The molecule has 1 aliphatic rings. The number of nitrogens with zero attached hydrogens (tertiary/aromatic N) is 3. The van der Waals surface area contributed by atoms with E-state index in [0.717, 1.165) is 15.3 Å². The molecule has 0 saturated carbocycles. The molecule has 3 rings (SSSR count). The molecule has 2 heterocycles. The number of nitrogens with one attached hydrogen (secondary N) is 2. The Morgan fingerprint density at radius 3 is 2.75 bits per heavy atom. The maximum absolute atomic E-state index is 11.9. The second kappa shape index (κ2) is 5.91. The second-order valence-corrected chi connectivity index (χ2v) is 8.10. The van der Waals surface area contributed by atoms with Crippen molar-refractivity contribution in [1.82, 2.24) is 19.2 Å². The van der Waals surface area contributed by atoms with Gasteiger partial charge in [-0.25, -0.2) is 17.7 Å². The van der Waals surface area contributed by atoms with Crippen molar-refractivity contribution in [3.05, 3.63) is 35.8 Å². The van der Waals surface area contributed by atoms with Crippen molar-refractivity contribution in [2.45, 2.75) is 0 Å². The standard InChI is InChI=1S/C15H19N5O3S/c1-19(2)24(22,23)8-7-20-9-12(21)13(14(20)16)15-17-10-5-3-4-6-11(10)18-15/h3-6,16,21H,7-9H2,1-2H3,(H,17,18). The van der Waals surface area contributed by atoms with E-state index >= 15 is 0 Å². The number of para-hydroxylation sites is 2. The number of aromatic amines is 1. The molecular weight excluding hydrogens is 330 g/mol. The SMILES string of the molecule is CN(C)S(=O)(=O)CCN1CC(O)=C(c2nc3ccccc3[nH]2)C1=N. The van der Waals surface area contributed by atoms with Crippen molar-refractivity contribution in [3.8, 4) is 0 Å². The van der Waals surface area contributed by atoms with Gasteiger partial charge in [-0.05, 0) is 12.1 Å². The van der Waals surface area contributed by atoms with Gasteiger partial charge in [0.2, 0.25) is 10.0 Å². The largest absolute Gasteiger partial charge is 0.510 e. The minimum absolute atomic E-state index is 0.0151. The van der Waals surface area contributed by atoms with E-state index in [0.29, 0.717) is 11.4 Å². The smallest absolute Gasteiger partial charge is 0.215 e. The number of H-pyrrole nitrogens is 1. The average molecular weight is 349 g/mol. The molecular formula is C15H19N5O3S. The number of hydrogen-bond acceptors (Lipinski definition) is 5. The quantitative estimate of drug-likeness (QED) is 0.746. The minimum Gasteiger partial charge on any atom is -0.510 e. The predicted molar refractivity (Wildman–Crippen MR) is 92.4 cm³/mol. The van der Waals surface area contributed by atoms with Crippen LogP contribution in [0.25, 0.3) is 16.6 Å². The normalized spacial score (nSPS) is 16.0. The molecule has 0 aliphatic carbocycles. The summed E-state index contributed by atoms with van der Waals surface area (Å²) in [4.78, 5) is 9.01. The van der Waals surface area contributed by atoms with E-state index in [2.05, 4.69) is 9.97 Å². The fourth-order valence-corrected chi connectivity index (χ4v) is 3.37. The molecule has 8 nitrogen and oxygen atoms in total. The van der Waals surface area contributed by atoms with Crippen LogP contribution in [0.3, 0.4) is 0 Å². The molecule has 0 saturated heterocycles. The van der Waals surface area contributed by atoms with Crippen molar-refractivity contribution in [1.29, 1.82) is 5.41 Å². The molecule has 0 atom stereocenters. The van der Waals surface area contributed by atoms with Crippen molar-refractivity contribution in [2.24, 2.45) is 0 Å². The predicted octanol–water partition coefficient (Wildman–Crippen LogP) is 1.02. The number of hydrogen-bond donors (Lipinski definition) is 3. The lowest BCUT2D eigenvalue weighted by atomic mass is 10.2. The van der Waals surface area contributed by atoms with Crippen LogP contribution in [0.15, 0.2) is 30.0 Å². The molecule has 2 aromatic rings. The number of sulfonamides is 1. The summed E-state index contributed by atoms with van der Waals surface area (Å²) >= 11 is 0. The minimum atomic E-state index is -3.36. The van der Waals surface area contributed by atoms with Crippen LogP contribution >= 0.6 is 0 Å². The van der Waals surface area contributed by atoms with E-state index in [4.69, 9.17) is 5.41 Å². The molecule has 0 radical (unpaired) electrons. The zero-order valence-electron chi connectivity index (χ0n) is 13.4. The fraction of sp³-hybridized carbons (Fsp3) is 0.333. The van der Waals surface area contributed by atoms with Crippen molar-refractivity contribution in [3.63, 3.8) is 0 Å². The summed E-state index contributed by atoms with van der Waals surface area (Å²) in [6.07, 6.45) is 0. The van der Waals surface area contributed by atoms with Gasteiger partial charge in [0, 0.05) is 20.6 Å². The van der Waals surface area contributed by atoms with Gasteiger partial charge in [0.25, 0.3) is 0 Å². The maximum atomic E-state index is 11.9. The van der Waals surface area contributed by atoms with E-state index < -0.39 is 10.0 Å². The molecule has 24 heavy (non-hydrogen) atoms. The summed E-state index contributed by atoms with van der Waals surface area (Å²) in [5.74, 6) is 0.377. The Kier molecular flexibility index (Phi) is 4.06. The summed E-state index contributed by atoms with van der Waals surface area (Å²) < 4.78 is 24.9. The topological polar surface area (TPSA) is 113 Å². The van der Waals surface area contributed by atoms with E-state index in [1.807, 2.05) is 24.3 Å². The number of amidine groups is 1. The molecule has 0 fully saturated rings. The highest BCUT2D eigenvalue weighted by Crippen LogP contribution is 2.26. The molecule has 0 bridgehead atoms. The van der Waals surface area contributed by atoms with Crippen LogP contribution in [0.2, 0.25) is 0 Å². The van der Waals surface area contributed by atoms with Gasteiger partial charge in [0.1, 0.15) is 17.4 Å². The molecule has 0 spiro atoms. The maximum Gasteiger partial charge on any atom is 0.215 e. The third-order valence-electron chi connectivity index (χ3n) is 3.98. The molecule has 1 aliphatic heterocycles. The Morgan fingerprint density at radius 2 is 2.08 bits per heavy atom. The second-order valence-electron chi connectivity index (χ2n) is 5.79. The van der Waals surface area contributed by atoms with Crippen LogP contribution in [0.4, 0.5) is 0 Å². The van der Waals surface area contributed by atoms with Gasteiger partial charge in [-0.2, -0.15) is 0 Å². The lowest BCUT2D eigenvalue weighted by molar-refractivity contribution is 0.356. The Balaban J connectivity index is 1.81. The monoisotopic (exact) mass is 349 g/mol. The number of benzene rings is 1. The van der Waals surface area contributed by atoms with Gasteiger partial charge < -0.3 is 15.0 Å². The molecule has 1 aromatic heterocycles. The van der Waals surface area contributed by atoms with Gasteiger partial charge in [0.15, 0.2) is 0 Å². The van der Waals surface area contributed by atoms with Crippen LogP contribution in [-0.2, 0) is 10.0 Å². The fourth-order valence-electron chi connectivity index (χ4n) is 2.55. The zero-order chi connectivity index (χ0) is 17.5. The first-order valence-electron chi connectivity index (χ1n) is 7.41. The van der Waals surface area contributed by atoms with E-state index in [-0.39, 0.29) is 30.4 Å². The highest BCUT2D eigenvalue weighted by Gasteiger charge is 2.31. The van der Waals surface area contributed by atoms with Gasteiger partial charge >= 0.3 is 0 Å². The molecule has 0 unspecified atom stereocenters. The van der Waals surface area contributed by atoms with Gasteiger partial charge in [-0.1, -0.05) is 12.1 Å². The van der Waals surface area contributed by atoms with Crippen LogP contribution in [0, 0.1) is 5.41 Å². The first kappa shape index (κ1) is 16.5. The summed E-state index contributed by atoms with van der Waals surface area (Å²) in [6, 6.07) is 7.44. The van der Waals surface area contributed by atoms with Crippen molar-refractivity contribution in [2.75, 3.05) is 32.9 Å². The number of rotatable bonds is 5. The molecule has 128 valence electrons. The number of imidazole rings is 1. The molecule has 1 aromatic carbocycles. The Bertz CT molecular complexity index is 896. The number of aliphatic hydroxyl groups is 1. The first-order chi connectivity index (χ1) is 11.3. The highest BCUT2D eigenvalue weighted by atomic mass is 32.2. The van der Waals surface area contributed by atoms with Crippen LogP contribution < -0.4 is 0 Å². The zero-order valence-corrected chi connectivity index (χ0v) is 14.3. The Labute approximate surface area is 140 Å². The van der Waals surface area contributed by atoms with Gasteiger partial charge in [-0.15, -0.1) is 0 Å². The Morgan fingerprint density at radius 1 is 1.38 bits per heavy atom. The van der Waals surface area contributed by atoms with Gasteiger partial charge in [0.05, 0.1) is 28.9 Å². The van der Waals surface area contributed by atoms with Crippen LogP contribution in [0.5, 0.6) is 0 Å². The average Bonchev–Trinajstić information content (AvgIpc) is 3.05. The summed E-state index contributed by atoms with van der Waals surface area (Å²) in [5, 5.41) is 18.5. The van der Waals surface area contributed by atoms with Gasteiger partial charge in [-0.3, -0.25) is 5.41 Å². The lowest BCUT2D eigenvalue weighted by Crippen LogP contribution is -2.35. The Hall–Kier alpha value is -2.39. The summed E-state index contributed by atoms with van der Waals surface area (Å²) in [7, 11) is -0.413. The molecule has 3 N–H and O–H groups in total. The summed E-state index contributed by atoms with van der Waals surface area (Å²) in [5.41, 5.74) is 1.87. The van der Waals surface area contributed by atoms with Crippen LogP contribution in [0.1, 0.15) is 5.82 Å². The van der Waals surface area contributed by atoms with Crippen molar-refractivity contribution >= 4 is 32.5 Å². The highest BCUT2D eigenvalue weighted by molar-refractivity contribution is 7.89. The van der Waals surface area contributed by atoms with Crippen LogP contribution in [-0.4, -0.2) is 71.5 Å². The lowest BCUT2D eigenvalue weighted by Gasteiger charge is -2.19. The van der Waals surface area contributed by atoms with Crippen molar-refractivity contribution < 1.29 is 13.5 Å². The number of aromatic nitrogens is 2. The number of aliphatic hydroxyl groups excluding tert-OH is 1. The molecule has 9 heteroatoms.